The molecule has 2 heterocycles. The van der Waals surface area contributed by atoms with E-state index in [1.54, 1.807) is 24.6 Å². The first-order chi connectivity index (χ1) is 13.4. The van der Waals surface area contributed by atoms with Crippen molar-refractivity contribution in [1.29, 1.82) is 0 Å². The zero-order valence-electron chi connectivity index (χ0n) is 16.2. The van der Waals surface area contributed by atoms with Crippen molar-refractivity contribution in [2.45, 2.75) is 35.9 Å². The lowest BCUT2D eigenvalue weighted by Gasteiger charge is -2.34. The van der Waals surface area contributed by atoms with Crippen LogP contribution in [0.3, 0.4) is 0 Å². The van der Waals surface area contributed by atoms with Gasteiger partial charge in [0.15, 0.2) is 0 Å². The van der Waals surface area contributed by atoms with E-state index in [0.717, 1.165) is 12.8 Å². The minimum atomic E-state index is -3.46. The van der Waals surface area contributed by atoms with Gasteiger partial charge in [-0.1, -0.05) is 6.07 Å². The standard InChI is InChI=1S/C18H28N4O4S2/c1-20(28(25,26)18-5-3-13-27-18)8-2-4-17(24)22-11-9-21(10-12-22)14-16(23)19-15-6-7-15/h3,5,13,15H,2,4,6-12,14H2,1H3,(H,19,23). The molecule has 2 fully saturated rings. The molecular formula is C18H28N4O4S2. The van der Waals surface area contributed by atoms with Crippen LogP contribution >= 0.6 is 11.3 Å². The predicted octanol–water partition coefficient (Wildman–Crippen LogP) is 0.572. The van der Waals surface area contributed by atoms with Crippen molar-refractivity contribution >= 4 is 33.2 Å². The van der Waals surface area contributed by atoms with Gasteiger partial charge in [-0.2, -0.15) is 0 Å². The highest BCUT2D eigenvalue weighted by Crippen LogP contribution is 2.20. The molecule has 1 saturated carbocycles. The van der Waals surface area contributed by atoms with E-state index in [1.807, 2.05) is 4.90 Å². The number of nitrogens with one attached hydrogen (secondary N) is 1. The van der Waals surface area contributed by atoms with Gasteiger partial charge in [-0.15, -0.1) is 11.3 Å². The molecule has 0 radical (unpaired) electrons. The minimum absolute atomic E-state index is 0.0454. The Morgan fingerprint density at radius 1 is 1.25 bits per heavy atom. The number of piperazine rings is 1. The van der Waals surface area contributed by atoms with E-state index in [4.69, 9.17) is 0 Å². The van der Waals surface area contributed by atoms with Gasteiger partial charge < -0.3 is 10.2 Å². The topological polar surface area (TPSA) is 90.0 Å². The molecule has 156 valence electrons. The normalized spacial score (nSPS) is 18.4. The summed E-state index contributed by atoms with van der Waals surface area (Å²) < 4.78 is 26.4. The van der Waals surface area contributed by atoms with Crippen molar-refractivity contribution < 1.29 is 18.0 Å². The third kappa shape index (κ3) is 5.76. The molecule has 1 aromatic heterocycles. The number of nitrogens with zero attached hydrogens (tertiary/aromatic N) is 3. The molecule has 1 aromatic rings. The van der Waals surface area contributed by atoms with E-state index in [1.165, 1.54) is 15.6 Å². The fraction of sp³-hybridized carbons (Fsp3) is 0.667. The van der Waals surface area contributed by atoms with Gasteiger partial charge in [-0.25, -0.2) is 12.7 Å². The Balaban J connectivity index is 1.34. The van der Waals surface area contributed by atoms with E-state index < -0.39 is 10.0 Å². The number of sulfonamides is 1. The first-order valence-corrected chi connectivity index (χ1v) is 12.0. The summed E-state index contributed by atoms with van der Waals surface area (Å²) in [5.41, 5.74) is 0. The van der Waals surface area contributed by atoms with Crippen LogP contribution in [0.1, 0.15) is 25.7 Å². The summed E-state index contributed by atoms with van der Waals surface area (Å²) >= 11 is 1.19. The van der Waals surface area contributed by atoms with Crippen LogP contribution in [0.4, 0.5) is 0 Å². The Kier molecular flexibility index (Phi) is 7.08. The van der Waals surface area contributed by atoms with Crippen LogP contribution in [0, 0.1) is 0 Å². The smallest absolute Gasteiger partial charge is 0.252 e. The maximum atomic E-state index is 12.4. The van der Waals surface area contributed by atoms with Crippen molar-refractivity contribution in [2.24, 2.45) is 0 Å². The summed E-state index contributed by atoms with van der Waals surface area (Å²) in [6.07, 6.45) is 2.98. The monoisotopic (exact) mass is 428 g/mol. The molecule has 8 nitrogen and oxygen atoms in total. The molecule has 0 spiro atoms. The van der Waals surface area contributed by atoms with Crippen molar-refractivity contribution in [2.75, 3.05) is 46.3 Å². The summed E-state index contributed by atoms with van der Waals surface area (Å²) in [6.45, 7) is 3.31. The van der Waals surface area contributed by atoms with Crippen LogP contribution in [-0.2, 0) is 19.6 Å². The van der Waals surface area contributed by atoms with Gasteiger partial charge in [0.05, 0.1) is 6.54 Å². The van der Waals surface area contributed by atoms with Crippen LogP contribution in [0.25, 0.3) is 0 Å². The zero-order valence-corrected chi connectivity index (χ0v) is 17.8. The lowest BCUT2D eigenvalue weighted by Crippen LogP contribution is -2.51. The summed E-state index contributed by atoms with van der Waals surface area (Å²) in [6, 6.07) is 3.67. The molecule has 0 aromatic carbocycles. The van der Waals surface area contributed by atoms with E-state index in [2.05, 4.69) is 10.2 Å². The molecular weight excluding hydrogens is 400 g/mol. The van der Waals surface area contributed by atoms with Crippen molar-refractivity contribution in [3.8, 4) is 0 Å². The van der Waals surface area contributed by atoms with Gasteiger partial charge in [-0.05, 0) is 30.7 Å². The second-order valence-electron chi connectivity index (χ2n) is 7.36. The van der Waals surface area contributed by atoms with Crippen LogP contribution < -0.4 is 5.32 Å². The van der Waals surface area contributed by atoms with Crippen LogP contribution in [0.15, 0.2) is 21.7 Å². The van der Waals surface area contributed by atoms with Crippen molar-refractivity contribution in [3.63, 3.8) is 0 Å². The first kappa shape index (κ1) is 21.2. The Morgan fingerprint density at radius 3 is 2.57 bits per heavy atom. The quantitative estimate of drug-likeness (QED) is 0.621. The number of amides is 2. The van der Waals surface area contributed by atoms with Gasteiger partial charge in [0.25, 0.3) is 10.0 Å². The number of carbonyl (C=O) groups excluding carboxylic acids is 2. The Labute approximate surface area is 170 Å². The average Bonchev–Trinajstić information content (AvgIpc) is 3.29. The molecule has 10 heteroatoms. The molecule has 1 aliphatic carbocycles. The number of thiophene rings is 1. The van der Waals surface area contributed by atoms with Crippen molar-refractivity contribution in [1.82, 2.24) is 19.4 Å². The molecule has 3 rings (SSSR count). The van der Waals surface area contributed by atoms with Gasteiger partial charge in [-0.3, -0.25) is 14.5 Å². The zero-order chi connectivity index (χ0) is 20.1. The Morgan fingerprint density at radius 2 is 1.96 bits per heavy atom. The Bertz CT molecular complexity index is 770. The molecule has 28 heavy (non-hydrogen) atoms. The fourth-order valence-electron chi connectivity index (χ4n) is 3.15. The summed E-state index contributed by atoms with van der Waals surface area (Å²) in [5, 5.41) is 4.72. The SMILES string of the molecule is CN(CCCC(=O)N1CCN(CC(=O)NC2CC2)CC1)S(=O)(=O)c1cccs1. The molecule has 0 atom stereocenters. The summed E-state index contributed by atoms with van der Waals surface area (Å²) in [7, 11) is -1.91. The predicted molar refractivity (Wildman–Crippen MR) is 108 cm³/mol. The second-order valence-corrected chi connectivity index (χ2v) is 10.6. The highest BCUT2D eigenvalue weighted by molar-refractivity contribution is 7.91. The summed E-state index contributed by atoms with van der Waals surface area (Å²) in [5.74, 6) is 0.112. The van der Waals surface area contributed by atoms with E-state index in [0.29, 0.717) is 62.4 Å². The van der Waals surface area contributed by atoms with E-state index in [9.17, 15) is 18.0 Å². The Hall–Kier alpha value is -1.49. The second kappa shape index (κ2) is 9.34. The van der Waals surface area contributed by atoms with Crippen LogP contribution in [0.5, 0.6) is 0 Å². The number of hydrogen-bond acceptors (Lipinski definition) is 6. The number of carbonyl (C=O) groups is 2. The molecule has 2 aliphatic rings. The van der Waals surface area contributed by atoms with Crippen LogP contribution in [-0.4, -0.2) is 86.7 Å². The molecule has 2 amide bonds. The van der Waals surface area contributed by atoms with Crippen LogP contribution in [0.2, 0.25) is 0 Å². The average molecular weight is 429 g/mol. The van der Waals surface area contributed by atoms with Crippen molar-refractivity contribution in [3.05, 3.63) is 17.5 Å². The molecule has 0 unspecified atom stereocenters. The molecule has 1 aliphatic heterocycles. The number of hydrogen-bond donors (Lipinski definition) is 1. The minimum Gasteiger partial charge on any atom is -0.352 e. The highest BCUT2D eigenvalue weighted by atomic mass is 32.2. The number of rotatable bonds is 9. The summed E-state index contributed by atoms with van der Waals surface area (Å²) in [4.78, 5) is 28.1. The largest absolute Gasteiger partial charge is 0.352 e. The lowest BCUT2D eigenvalue weighted by molar-refractivity contribution is -0.133. The molecule has 0 bridgehead atoms. The van der Waals surface area contributed by atoms with Gasteiger partial charge in [0.1, 0.15) is 4.21 Å². The fourth-order valence-corrected chi connectivity index (χ4v) is 5.56. The maximum Gasteiger partial charge on any atom is 0.252 e. The van der Waals surface area contributed by atoms with E-state index >= 15 is 0 Å². The third-order valence-corrected chi connectivity index (χ3v) is 8.29. The van der Waals surface area contributed by atoms with Gasteiger partial charge >= 0.3 is 0 Å². The molecule has 1 N–H and O–H groups in total. The third-order valence-electron chi connectivity index (χ3n) is 5.06. The van der Waals surface area contributed by atoms with Gasteiger partial charge in [0, 0.05) is 52.2 Å². The first-order valence-electron chi connectivity index (χ1n) is 9.65. The highest BCUT2D eigenvalue weighted by Gasteiger charge is 2.26. The van der Waals surface area contributed by atoms with Gasteiger partial charge in [0.2, 0.25) is 11.8 Å². The van der Waals surface area contributed by atoms with E-state index in [-0.39, 0.29) is 11.8 Å². The lowest BCUT2D eigenvalue weighted by atomic mass is 10.2. The molecule has 1 saturated heterocycles. The maximum absolute atomic E-state index is 12.4.